The Kier molecular flexibility index (Phi) is 7.19. The van der Waals surface area contributed by atoms with Gasteiger partial charge in [0.25, 0.3) is 0 Å². The molecule has 2 rings (SSSR count). The quantitative estimate of drug-likeness (QED) is 0.723. The molecule has 0 radical (unpaired) electrons. The van der Waals surface area contributed by atoms with Crippen molar-refractivity contribution in [2.45, 2.75) is 19.8 Å². The van der Waals surface area contributed by atoms with Crippen LogP contribution in [0, 0.1) is 0 Å². The van der Waals surface area contributed by atoms with E-state index in [4.69, 9.17) is 9.84 Å². The van der Waals surface area contributed by atoms with Crippen LogP contribution in [0.15, 0.2) is 18.3 Å². The average molecular weight is 364 g/mol. The molecule has 9 heteroatoms. The smallest absolute Gasteiger partial charge is 0.339 e. The summed E-state index contributed by atoms with van der Waals surface area (Å²) in [5.41, 5.74) is 0.407. The number of carbonyl (C=O) groups is 3. The van der Waals surface area contributed by atoms with Gasteiger partial charge in [-0.15, -0.1) is 0 Å². The number of hydrogen-bond donors (Lipinski definition) is 2. The average Bonchev–Trinajstić information content (AvgIpc) is 2.88. The van der Waals surface area contributed by atoms with Gasteiger partial charge in [0.05, 0.1) is 18.6 Å². The molecule has 0 atom stereocenters. The van der Waals surface area contributed by atoms with E-state index >= 15 is 0 Å². The first-order valence-electron chi connectivity index (χ1n) is 8.64. The Morgan fingerprint density at radius 1 is 1.23 bits per heavy atom. The molecule has 2 heterocycles. The highest BCUT2D eigenvalue weighted by molar-refractivity contribution is 5.89. The first kappa shape index (κ1) is 19.5. The topological polar surface area (TPSA) is 112 Å². The van der Waals surface area contributed by atoms with Crippen molar-refractivity contribution in [3.8, 4) is 0 Å². The lowest BCUT2D eigenvalue weighted by Gasteiger charge is -2.23. The number of amides is 2. The molecule has 0 unspecified atom stereocenters. The van der Waals surface area contributed by atoms with Crippen LogP contribution >= 0.6 is 0 Å². The number of ether oxygens (including phenoxy) is 1. The molecule has 142 valence electrons. The van der Waals surface area contributed by atoms with E-state index in [2.05, 4.69) is 15.2 Å². The molecule has 1 fully saturated rings. The van der Waals surface area contributed by atoms with E-state index in [9.17, 15) is 14.4 Å². The van der Waals surface area contributed by atoms with Crippen LogP contribution in [0.4, 0.5) is 10.6 Å². The van der Waals surface area contributed by atoms with Gasteiger partial charge in [-0.3, -0.25) is 4.79 Å². The standard InChI is InChI=1S/C17H24N4O5/c1-2-26-16(24)13-4-5-14(19-12-13)20-8-3-9-21(11-10-20)17(25)18-7-6-15(22)23/h4-5,12H,2-3,6-11H2,1H3,(H,18,25)(H,22,23). The van der Waals surface area contributed by atoms with E-state index in [-0.39, 0.29) is 19.0 Å². The van der Waals surface area contributed by atoms with Gasteiger partial charge in [-0.25, -0.2) is 14.6 Å². The molecule has 0 aliphatic carbocycles. The Labute approximate surface area is 151 Å². The Bertz CT molecular complexity index is 635. The highest BCUT2D eigenvalue weighted by Gasteiger charge is 2.20. The Balaban J connectivity index is 1.88. The summed E-state index contributed by atoms with van der Waals surface area (Å²) in [5.74, 6) is -0.595. The summed E-state index contributed by atoms with van der Waals surface area (Å²) in [7, 11) is 0. The van der Waals surface area contributed by atoms with Crippen molar-refractivity contribution < 1.29 is 24.2 Å². The van der Waals surface area contributed by atoms with Crippen molar-refractivity contribution in [2.75, 3.05) is 44.2 Å². The molecular weight excluding hydrogens is 340 g/mol. The van der Waals surface area contributed by atoms with Gasteiger partial charge in [0.15, 0.2) is 0 Å². The van der Waals surface area contributed by atoms with Gasteiger partial charge < -0.3 is 25.0 Å². The van der Waals surface area contributed by atoms with Gasteiger partial charge in [-0.05, 0) is 25.5 Å². The molecule has 1 aliphatic heterocycles. The van der Waals surface area contributed by atoms with Crippen LogP contribution in [-0.4, -0.2) is 72.3 Å². The van der Waals surface area contributed by atoms with Crippen molar-refractivity contribution >= 4 is 23.8 Å². The minimum atomic E-state index is -0.940. The number of carboxylic acids is 1. The molecule has 2 amide bonds. The van der Waals surface area contributed by atoms with E-state index in [0.717, 1.165) is 18.8 Å². The lowest BCUT2D eigenvalue weighted by molar-refractivity contribution is -0.136. The third-order valence-electron chi connectivity index (χ3n) is 3.98. The Morgan fingerprint density at radius 2 is 2.04 bits per heavy atom. The van der Waals surface area contributed by atoms with Gasteiger partial charge in [0, 0.05) is 38.9 Å². The van der Waals surface area contributed by atoms with Gasteiger partial charge in [-0.2, -0.15) is 0 Å². The number of hydrogen-bond acceptors (Lipinski definition) is 6. The number of urea groups is 1. The lowest BCUT2D eigenvalue weighted by atomic mass is 10.2. The number of nitrogens with zero attached hydrogens (tertiary/aromatic N) is 3. The summed E-state index contributed by atoms with van der Waals surface area (Å²) in [5, 5.41) is 11.2. The fourth-order valence-electron chi connectivity index (χ4n) is 2.65. The van der Waals surface area contributed by atoms with Crippen molar-refractivity contribution in [3.05, 3.63) is 23.9 Å². The zero-order valence-electron chi connectivity index (χ0n) is 14.8. The third-order valence-corrected chi connectivity index (χ3v) is 3.98. The first-order valence-corrected chi connectivity index (χ1v) is 8.64. The number of aromatic nitrogens is 1. The van der Waals surface area contributed by atoms with Crippen LogP contribution < -0.4 is 10.2 Å². The highest BCUT2D eigenvalue weighted by Crippen LogP contribution is 2.15. The summed E-state index contributed by atoms with van der Waals surface area (Å²) in [6.07, 6.45) is 2.17. The van der Waals surface area contributed by atoms with Crippen LogP contribution in [-0.2, 0) is 9.53 Å². The van der Waals surface area contributed by atoms with E-state index in [1.54, 1.807) is 24.0 Å². The fourth-order valence-corrected chi connectivity index (χ4v) is 2.65. The molecular formula is C17H24N4O5. The molecule has 0 bridgehead atoms. The maximum Gasteiger partial charge on any atom is 0.339 e. The van der Waals surface area contributed by atoms with Crippen LogP contribution in [0.2, 0.25) is 0 Å². The lowest BCUT2D eigenvalue weighted by Crippen LogP contribution is -2.42. The normalized spacial score (nSPS) is 14.5. The number of carboxylic acid groups (broad SMARTS) is 1. The number of pyridine rings is 1. The van der Waals surface area contributed by atoms with Crippen LogP contribution in [0.25, 0.3) is 0 Å². The monoisotopic (exact) mass is 364 g/mol. The van der Waals surface area contributed by atoms with E-state index in [1.165, 1.54) is 6.20 Å². The zero-order valence-corrected chi connectivity index (χ0v) is 14.8. The van der Waals surface area contributed by atoms with E-state index in [1.807, 2.05) is 0 Å². The van der Waals surface area contributed by atoms with Crippen molar-refractivity contribution in [2.24, 2.45) is 0 Å². The highest BCUT2D eigenvalue weighted by atomic mass is 16.5. The van der Waals surface area contributed by atoms with Gasteiger partial charge in [-0.1, -0.05) is 0 Å². The summed E-state index contributed by atoms with van der Waals surface area (Å²) in [4.78, 5) is 42.3. The predicted molar refractivity (Wildman–Crippen MR) is 94.2 cm³/mol. The maximum absolute atomic E-state index is 12.1. The van der Waals surface area contributed by atoms with Gasteiger partial charge in [0.2, 0.25) is 0 Å². The van der Waals surface area contributed by atoms with Crippen molar-refractivity contribution in [3.63, 3.8) is 0 Å². The minimum absolute atomic E-state index is 0.0948. The molecule has 2 N–H and O–H groups in total. The Morgan fingerprint density at radius 3 is 2.69 bits per heavy atom. The molecule has 1 aromatic heterocycles. The van der Waals surface area contributed by atoms with Gasteiger partial charge in [0.1, 0.15) is 5.82 Å². The molecule has 0 saturated carbocycles. The molecule has 9 nitrogen and oxygen atoms in total. The second-order valence-electron chi connectivity index (χ2n) is 5.83. The number of esters is 1. The third kappa shape index (κ3) is 5.61. The SMILES string of the molecule is CCOC(=O)c1ccc(N2CCCN(C(=O)NCCC(=O)O)CC2)nc1. The Hall–Kier alpha value is -2.84. The second-order valence-corrected chi connectivity index (χ2v) is 5.83. The van der Waals surface area contributed by atoms with Gasteiger partial charge >= 0.3 is 18.0 Å². The number of anilines is 1. The summed E-state index contributed by atoms with van der Waals surface area (Å²) >= 11 is 0. The molecule has 26 heavy (non-hydrogen) atoms. The van der Waals surface area contributed by atoms with Crippen LogP contribution in [0.5, 0.6) is 0 Å². The summed E-state index contributed by atoms with van der Waals surface area (Å²) in [6, 6.07) is 3.20. The largest absolute Gasteiger partial charge is 0.481 e. The van der Waals surface area contributed by atoms with Crippen molar-refractivity contribution in [1.82, 2.24) is 15.2 Å². The zero-order chi connectivity index (χ0) is 18.9. The summed E-state index contributed by atoms with van der Waals surface area (Å²) < 4.78 is 4.94. The molecule has 1 saturated heterocycles. The fraction of sp³-hybridized carbons (Fsp3) is 0.529. The van der Waals surface area contributed by atoms with Crippen LogP contribution in [0.3, 0.4) is 0 Å². The predicted octanol–water partition coefficient (Wildman–Crippen LogP) is 0.955. The minimum Gasteiger partial charge on any atom is -0.481 e. The number of rotatable bonds is 6. The molecule has 0 spiro atoms. The second kappa shape index (κ2) is 9.59. The maximum atomic E-state index is 12.1. The summed E-state index contributed by atoms with van der Waals surface area (Å²) in [6.45, 7) is 4.64. The number of nitrogens with one attached hydrogen (secondary N) is 1. The molecule has 0 aromatic carbocycles. The number of carbonyl (C=O) groups excluding carboxylic acids is 2. The van der Waals surface area contributed by atoms with Crippen LogP contribution in [0.1, 0.15) is 30.1 Å². The molecule has 1 aromatic rings. The van der Waals surface area contributed by atoms with E-state index in [0.29, 0.717) is 31.8 Å². The van der Waals surface area contributed by atoms with E-state index < -0.39 is 11.9 Å². The number of aliphatic carboxylic acids is 1. The molecule has 1 aliphatic rings. The first-order chi connectivity index (χ1) is 12.5. The van der Waals surface area contributed by atoms with Crippen molar-refractivity contribution in [1.29, 1.82) is 0 Å².